The molecule has 0 aliphatic heterocycles. The lowest BCUT2D eigenvalue weighted by Gasteiger charge is -2.14. The number of nitrogens with one attached hydrogen (secondary N) is 1. The van der Waals surface area contributed by atoms with Gasteiger partial charge in [-0.05, 0) is 43.1 Å². The van der Waals surface area contributed by atoms with Crippen LogP contribution in [0.2, 0.25) is 0 Å². The quantitative estimate of drug-likeness (QED) is 0.853. The fourth-order valence-electron chi connectivity index (χ4n) is 2.04. The molecule has 0 amide bonds. The molecule has 4 heteroatoms. The number of hydrogen-bond donors (Lipinski definition) is 1. The third-order valence-corrected chi connectivity index (χ3v) is 4.25. The molecule has 2 nitrogen and oxygen atoms in total. The van der Waals surface area contributed by atoms with Gasteiger partial charge >= 0.3 is 0 Å². The Kier molecular flexibility index (Phi) is 5.43. The van der Waals surface area contributed by atoms with E-state index in [1.165, 1.54) is 16.0 Å². The van der Waals surface area contributed by atoms with Crippen molar-refractivity contribution in [3.8, 4) is 5.75 Å². The van der Waals surface area contributed by atoms with Crippen LogP contribution >= 0.6 is 27.3 Å². The third-order valence-electron chi connectivity index (χ3n) is 2.86. The molecule has 2 rings (SSSR count). The van der Waals surface area contributed by atoms with Crippen LogP contribution in [-0.4, -0.2) is 13.7 Å². The van der Waals surface area contributed by atoms with Gasteiger partial charge in [0.2, 0.25) is 0 Å². The first-order valence-electron chi connectivity index (χ1n) is 6.29. The molecular formula is C15H18BrNOS. The predicted molar refractivity (Wildman–Crippen MR) is 85.2 cm³/mol. The molecule has 0 unspecified atom stereocenters. The number of rotatable bonds is 6. The number of ether oxygens (including phenoxy) is 1. The summed E-state index contributed by atoms with van der Waals surface area (Å²) >= 11 is 5.31. The second-order valence-corrected chi connectivity index (χ2v) is 6.37. The smallest absolute Gasteiger partial charge is 0.126 e. The summed E-state index contributed by atoms with van der Waals surface area (Å²) in [5.74, 6) is 1.01. The van der Waals surface area contributed by atoms with Crippen molar-refractivity contribution in [3.63, 3.8) is 0 Å². The first kappa shape index (κ1) is 14.6. The van der Waals surface area contributed by atoms with E-state index in [1.807, 2.05) is 7.05 Å². The minimum atomic E-state index is 0.722. The van der Waals surface area contributed by atoms with Gasteiger partial charge in [0, 0.05) is 27.9 Å². The molecule has 0 spiro atoms. The van der Waals surface area contributed by atoms with E-state index in [4.69, 9.17) is 4.74 Å². The van der Waals surface area contributed by atoms with Crippen molar-refractivity contribution < 1.29 is 4.74 Å². The highest BCUT2D eigenvalue weighted by atomic mass is 79.9. The predicted octanol–water partition coefficient (Wildman–Crippen LogP) is 4.16. The van der Waals surface area contributed by atoms with Gasteiger partial charge in [0.25, 0.3) is 0 Å². The first-order valence-corrected chi connectivity index (χ1v) is 7.96. The van der Waals surface area contributed by atoms with Gasteiger partial charge in [-0.1, -0.05) is 22.0 Å². The molecule has 102 valence electrons. The highest BCUT2D eigenvalue weighted by Gasteiger charge is 2.08. The molecule has 2 aromatic rings. The van der Waals surface area contributed by atoms with E-state index >= 15 is 0 Å². The Morgan fingerprint density at radius 2 is 2.21 bits per heavy atom. The summed E-state index contributed by atoms with van der Waals surface area (Å²) in [7, 11) is 1.95. The van der Waals surface area contributed by atoms with Crippen LogP contribution in [0.3, 0.4) is 0 Å². The molecule has 0 fully saturated rings. The summed E-state index contributed by atoms with van der Waals surface area (Å²) in [4.78, 5) is 1.37. The van der Waals surface area contributed by atoms with Gasteiger partial charge in [-0.25, -0.2) is 0 Å². The Hall–Kier alpha value is -0.840. The van der Waals surface area contributed by atoms with Crippen molar-refractivity contribution in [2.24, 2.45) is 0 Å². The Morgan fingerprint density at radius 1 is 1.37 bits per heavy atom. The number of thiophene rings is 1. The van der Waals surface area contributed by atoms with Gasteiger partial charge in [0.15, 0.2) is 0 Å². The molecular weight excluding hydrogens is 322 g/mol. The van der Waals surface area contributed by atoms with Crippen LogP contribution in [0.25, 0.3) is 0 Å². The standard InChI is InChI=1S/C15H18BrNOS/c1-11-8-13(16)9-12(10-17-2)15(11)18-6-5-14-4-3-7-19-14/h3-4,7-9,17H,5-6,10H2,1-2H3. The average Bonchev–Trinajstić information content (AvgIpc) is 2.86. The molecule has 0 saturated carbocycles. The third kappa shape index (κ3) is 4.06. The van der Waals surface area contributed by atoms with Crippen LogP contribution in [0.15, 0.2) is 34.1 Å². The largest absolute Gasteiger partial charge is 0.493 e. The van der Waals surface area contributed by atoms with Crippen molar-refractivity contribution in [1.82, 2.24) is 5.32 Å². The van der Waals surface area contributed by atoms with Gasteiger partial charge < -0.3 is 10.1 Å². The minimum Gasteiger partial charge on any atom is -0.493 e. The molecule has 0 atom stereocenters. The maximum atomic E-state index is 5.99. The van der Waals surface area contributed by atoms with E-state index in [1.54, 1.807) is 11.3 Å². The van der Waals surface area contributed by atoms with Crippen LogP contribution in [0, 0.1) is 6.92 Å². The number of hydrogen-bond acceptors (Lipinski definition) is 3. The maximum Gasteiger partial charge on any atom is 0.126 e. The fraction of sp³-hybridized carbons (Fsp3) is 0.333. The second kappa shape index (κ2) is 7.08. The summed E-state index contributed by atoms with van der Waals surface area (Å²) in [6.45, 7) is 3.62. The zero-order chi connectivity index (χ0) is 13.7. The SMILES string of the molecule is CNCc1cc(Br)cc(C)c1OCCc1cccs1. The average molecular weight is 340 g/mol. The van der Waals surface area contributed by atoms with E-state index in [0.29, 0.717) is 0 Å². The number of benzene rings is 1. The topological polar surface area (TPSA) is 21.3 Å². The summed E-state index contributed by atoms with van der Waals surface area (Å²) in [5.41, 5.74) is 2.37. The molecule has 0 bridgehead atoms. The lowest BCUT2D eigenvalue weighted by Crippen LogP contribution is -2.10. The Balaban J connectivity index is 2.05. The van der Waals surface area contributed by atoms with Gasteiger partial charge in [0.05, 0.1) is 6.61 Å². The van der Waals surface area contributed by atoms with Crippen molar-refractivity contribution >= 4 is 27.3 Å². The Labute approximate surface area is 126 Å². The van der Waals surface area contributed by atoms with Gasteiger partial charge in [-0.15, -0.1) is 11.3 Å². The van der Waals surface area contributed by atoms with Gasteiger partial charge in [-0.3, -0.25) is 0 Å². The molecule has 0 saturated heterocycles. The molecule has 0 aliphatic carbocycles. The Morgan fingerprint density at radius 3 is 2.89 bits per heavy atom. The highest BCUT2D eigenvalue weighted by molar-refractivity contribution is 9.10. The van der Waals surface area contributed by atoms with Crippen LogP contribution in [0.1, 0.15) is 16.0 Å². The van der Waals surface area contributed by atoms with E-state index in [-0.39, 0.29) is 0 Å². The maximum absolute atomic E-state index is 5.99. The van der Waals surface area contributed by atoms with E-state index in [0.717, 1.165) is 29.8 Å². The van der Waals surface area contributed by atoms with Crippen molar-refractivity contribution in [1.29, 1.82) is 0 Å². The Bertz CT molecular complexity index is 525. The lowest BCUT2D eigenvalue weighted by molar-refractivity contribution is 0.316. The van der Waals surface area contributed by atoms with Crippen LogP contribution in [-0.2, 0) is 13.0 Å². The zero-order valence-electron chi connectivity index (χ0n) is 11.2. The van der Waals surface area contributed by atoms with E-state index in [9.17, 15) is 0 Å². The zero-order valence-corrected chi connectivity index (χ0v) is 13.6. The number of aryl methyl sites for hydroxylation is 1. The van der Waals surface area contributed by atoms with Crippen molar-refractivity contribution in [2.45, 2.75) is 19.9 Å². The summed E-state index contributed by atoms with van der Waals surface area (Å²) in [5, 5.41) is 5.29. The summed E-state index contributed by atoms with van der Waals surface area (Å²) in [6, 6.07) is 8.44. The molecule has 0 radical (unpaired) electrons. The van der Waals surface area contributed by atoms with E-state index in [2.05, 4.69) is 57.8 Å². The molecule has 1 aromatic carbocycles. The molecule has 19 heavy (non-hydrogen) atoms. The van der Waals surface area contributed by atoms with Crippen molar-refractivity contribution in [3.05, 3.63) is 50.1 Å². The first-order chi connectivity index (χ1) is 9.20. The summed E-state index contributed by atoms with van der Waals surface area (Å²) in [6.07, 6.45) is 0.964. The van der Waals surface area contributed by atoms with Crippen LogP contribution < -0.4 is 10.1 Å². The normalized spacial score (nSPS) is 10.7. The second-order valence-electron chi connectivity index (χ2n) is 4.42. The van der Waals surface area contributed by atoms with Gasteiger partial charge in [-0.2, -0.15) is 0 Å². The van der Waals surface area contributed by atoms with Crippen LogP contribution in [0.4, 0.5) is 0 Å². The van der Waals surface area contributed by atoms with Crippen molar-refractivity contribution in [2.75, 3.05) is 13.7 Å². The van der Waals surface area contributed by atoms with E-state index < -0.39 is 0 Å². The highest BCUT2D eigenvalue weighted by Crippen LogP contribution is 2.28. The molecule has 1 heterocycles. The van der Waals surface area contributed by atoms with Gasteiger partial charge in [0.1, 0.15) is 5.75 Å². The fourth-order valence-corrected chi connectivity index (χ4v) is 3.35. The molecule has 0 aliphatic rings. The van der Waals surface area contributed by atoms with Crippen LogP contribution in [0.5, 0.6) is 5.75 Å². The monoisotopic (exact) mass is 339 g/mol. The molecule has 1 N–H and O–H groups in total. The molecule has 1 aromatic heterocycles. The minimum absolute atomic E-state index is 0.722. The summed E-state index contributed by atoms with van der Waals surface area (Å²) < 4.78 is 7.09. The number of halogens is 1. The lowest BCUT2D eigenvalue weighted by atomic mass is 10.1.